The minimum atomic E-state index is -0.230. The smallest absolute Gasteiger partial charge is 0.272 e. The molecule has 1 unspecified atom stereocenters. The van der Waals surface area contributed by atoms with E-state index in [1.54, 1.807) is 30.2 Å². The normalized spacial score (nSPS) is 15.9. The minimum Gasteiger partial charge on any atom is -0.493 e. The van der Waals surface area contributed by atoms with Crippen LogP contribution in [0, 0.1) is 0 Å². The first-order chi connectivity index (χ1) is 12.0. The molecular formula is C18H20N4O3. The highest BCUT2D eigenvalue weighted by molar-refractivity contribution is 6.07. The molecule has 7 heteroatoms. The number of ether oxygens (including phenoxy) is 2. The summed E-state index contributed by atoms with van der Waals surface area (Å²) >= 11 is 0. The first kappa shape index (κ1) is 15.6. The molecule has 130 valence electrons. The van der Waals surface area contributed by atoms with E-state index in [9.17, 15) is 4.79 Å². The maximum absolute atomic E-state index is 12.6. The molecule has 0 fully saturated rings. The van der Waals surface area contributed by atoms with Crippen molar-refractivity contribution in [2.75, 3.05) is 11.9 Å². The first-order valence-electron chi connectivity index (χ1n) is 8.33. The van der Waals surface area contributed by atoms with Crippen LogP contribution in [0.25, 0.3) is 10.9 Å². The number of carbonyl (C=O) groups excluding carboxylic acids is 1. The highest BCUT2D eigenvalue weighted by Gasteiger charge is 2.26. The second-order valence-corrected chi connectivity index (χ2v) is 6.26. The van der Waals surface area contributed by atoms with Gasteiger partial charge < -0.3 is 19.8 Å². The molecule has 4 rings (SSSR count). The summed E-state index contributed by atoms with van der Waals surface area (Å²) in [6.07, 6.45) is 4.30. The number of rotatable bonds is 4. The number of aromatic nitrogens is 3. The summed E-state index contributed by atoms with van der Waals surface area (Å²) < 4.78 is 13.3. The zero-order valence-electron chi connectivity index (χ0n) is 14.4. The van der Waals surface area contributed by atoms with Crippen LogP contribution in [0.5, 0.6) is 11.5 Å². The number of carbonyl (C=O) groups is 1. The number of nitrogens with one attached hydrogen (secondary N) is 2. The average molecular weight is 340 g/mol. The lowest BCUT2D eigenvalue weighted by molar-refractivity contribution is 0.102. The number of aromatic amines is 1. The van der Waals surface area contributed by atoms with E-state index < -0.39 is 0 Å². The second-order valence-electron chi connectivity index (χ2n) is 6.26. The summed E-state index contributed by atoms with van der Waals surface area (Å²) in [5.74, 6) is 1.35. The predicted molar refractivity (Wildman–Crippen MR) is 94.4 cm³/mol. The van der Waals surface area contributed by atoms with Gasteiger partial charge in [-0.1, -0.05) is 0 Å². The van der Waals surface area contributed by atoms with Gasteiger partial charge in [0.15, 0.2) is 0 Å². The molecule has 1 aromatic carbocycles. The van der Waals surface area contributed by atoms with Gasteiger partial charge in [-0.15, -0.1) is 0 Å². The Kier molecular flexibility index (Phi) is 3.63. The van der Waals surface area contributed by atoms with E-state index in [4.69, 9.17) is 9.47 Å². The van der Waals surface area contributed by atoms with Gasteiger partial charge in [0, 0.05) is 30.6 Å². The van der Waals surface area contributed by atoms with Gasteiger partial charge in [-0.2, -0.15) is 5.10 Å². The molecule has 0 spiro atoms. The van der Waals surface area contributed by atoms with Crippen molar-refractivity contribution in [2.24, 2.45) is 7.05 Å². The maximum atomic E-state index is 12.6. The first-order valence-corrected chi connectivity index (χ1v) is 8.33. The zero-order valence-corrected chi connectivity index (χ0v) is 14.4. The van der Waals surface area contributed by atoms with Gasteiger partial charge in [-0.3, -0.25) is 9.48 Å². The Labute approximate surface area is 144 Å². The van der Waals surface area contributed by atoms with Crippen LogP contribution in [-0.2, 0) is 13.5 Å². The lowest BCUT2D eigenvalue weighted by Crippen LogP contribution is -2.11. The molecule has 0 aliphatic carbocycles. The molecule has 0 bridgehead atoms. The van der Waals surface area contributed by atoms with Crippen molar-refractivity contribution < 1.29 is 14.3 Å². The van der Waals surface area contributed by atoms with Gasteiger partial charge in [0.2, 0.25) is 0 Å². The molecule has 1 amide bonds. The number of benzene rings is 1. The van der Waals surface area contributed by atoms with Crippen LogP contribution in [0.1, 0.15) is 29.9 Å². The molecule has 3 aromatic rings. The summed E-state index contributed by atoms with van der Waals surface area (Å²) in [7, 11) is 1.80. The van der Waals surface area contributed by atoms with Crippen LogP contribution in [0.3, 0.4) is 0 Å². The van der Waals surface area contributed by atoms with E-state index in [-0.39, 0.29) is 12.0 Å². The van der Waals surface area contributed by atoms with E-state index in [0.717, 1.165) is 34.4 Å². The molecule has 0 saturated heterocycles. The quantitative estimate of drug-likeness (QED) is 0.765. The number of nitrogens with zero attached hydrogens (tertiary/aromatic N) is 2. The van der Waals surface area contributed by atoms with Crippen LogP contribution in [0.2, 0.25) is 0 Å². The summed E-state index contributed by atoms with van der Waals surface area (Å²) in [4.78, 5) is 15.8. The number of hydrogen-bond acceptors (Lipinski definition) is 4. The number of hydrogen-bond donors (Lipinski definition) is 2. The zero-order chi connectivity index (χ0) is 17.6. The van der Waals surface area contributed by atoms with E-state index in [1.807, 2.05) is 19.9 Å². The largest absolute Gasteiger partial charge is 0.493 e. The molecule has 25 heavy (non-hydrogen) atoms. The maximum Gasteiger partial charge on any atom is 0.272 e. The Morgan fingerprint density at radius 3 is 3.08 bits per heavy atom. The molecule has 0 radical (unpaired) electrons. The van der Waals surface area contributed by atoms with E-state index in [1.165, 1.54) is 0 Å². The Morgan fingerprint density at radius 1 is 1.52 bits per heavy atom. The van der Waals surface area contributed by atoms with Crippen molar-refractivity contribution in [3.8, 4) is 11.5 Å². The molecule has 1 aliphatic rings. The lowest BCUT2D eigenvalue weighted by Gasteiger charge is -2.08. The topological polar surface area (TPSA) is 81.2 Å². The SMILES string of the molecule is CCOc1cc2c(c3[nH]c(C(=O)Nc4cnn(C)c4)cc13)OC(C)C2. The summed E-state index contributed by atoms with van der Waals surface area (Å²) in [6, 6.07) is 3.82. The van der Waals surface area contributed by atoms with Gasteiger partial charge in [0.1, 0.15) is 23.3 Å². The Balaban J connectivity index is 1.75. The monoisotopic (exact) mass is 340 g/mol. The van der Waals surface area contributed by atoms with Gasteiger partial charge in [0.05, 0.1) is 24.0 Å². The predicted octanol–water partition coefficient (Wildman–Crippen LogP) is 2.88. The Bertz CT molecular complexity index is 957. The fourth-order valence-electron chi connectivity index (χ4n) is 3.21. The lowest BCUT2D eigenvalue weighted by atomic mass is 10.1. The highest BCUT2D eigenvalue weighted by Crippen LogP contribution is 2.41. The average Bonchev–Trinajstić information content (AvgIpc) is 3.25. The molecule has 2 aromatic heterocycles. The molecule has 0 saturated carbocycles. The highest BCUT2D eigenvalue weighted by atomic mass is 16.5. The molecule has 2 N–H and O–H groups in total. The van der Waals surface area contributed by atoms with E-state index >= 15 is 0 Å². The van der Waals surface area contributed by atoms with Gasteiger partial charge >= 0.3 is 0 Å². The van der Waals surface area contributed by atoms with Crippen molar-refractivity contribution in [3.63, 3.8) is 0 Å². The van der Waals surface area contributed by atoms with Crippen molar-refractivity contribution in [1.29, 1.82) is 0 Å². The second kappa shape index (κ2) is 5.84. The fraction of sp³-hybridized carbons (Fsp3) is 0.333. The molecule has 1 aliphatic heterocycles. The number of aryl methyl sites for hydroxylation is 1. The number of H-pyrrole nitrogens is 1. The number of amides is 1. The van der Waals surface area contributed by atoms with Crippen LogP contribution >= 0.6 is 0 Å². The summed E-state index contributed by atoms with van der Waals surface area (Å²) in [6.45, 7) is 4.54. The van der Waals surface area contributed by atoms with Crippen molar-refractivity contribution >= 4 is 22.5 Å². The van der Waals surface area contributed by atoms with Gasteiger partial charge in [-0.05, 0) is 26.0 Å². The van der Waals surface area contributed by atoms with Crippen molar-refractivity contribution in [2.45, 2.75) is 26.4 Å². The molecular weight excluding hydrogens is 320 g/mol. The van der Waals surface area contributed by atoms with Gasteiger partial charge in [0.25, 0.3) is 5.91 Å². The van der Waals surface area contributed by atoms with Crippen LogP contribution < -0.4 is 14.8 Å². The Hall–Kier alpha value is -2.96. The summed E-state index contributed by atoms with van der Waals surface area (Å²) in [5, 5.41) is 7.74. The third-order valence-electron chi connectivity index (χ3n) is 4.24. The fourth-order valence-corrected chi connectivity index (χ4v) is 3.21. The number of anilines is 1. The minimum absolute atomic E-state index is 0.117. The van der Waals surface area contributed by atoms with Crippen LogP contribution in [0.15, 0.2) is 24.5 Å². The van der Waals surface area contributed by atoms with Gasteiger partial charge in [-0.25, -0.2) is 0 Å². The Morgan fingerprint density at radius 2 is 2.36 bits per heavy atom. The summed E-state index contributed by atoms with van der Waals surface area (Å²) in [5.41, 5.74) is 3.01. The van der Waals surface area contributed by atoms with E-state index in [0.29, 0.717) is 18.0 Å². The molecule has 1 atom stereocenters. The van der Waals surface area contributed by atoms with E-state index in [2.05, 4.69) is 15.4 Å². The van der Waals surface area contributed by atoms with Crippen LogP contribution in [-0.4, -0.2) is 33.4 Å². The number of fused-ring (bicyclic) bond motifs is 3. The van der Waals surface area contributed by atoms with Crippen molar-refractivity contribution in [1.82, 2.24) is 14.8 Å². The third-order valence-corrected chi connectivity index (χ3v) is 4.24. The van der Waals surface area contributed by atoms with Crippen LogP contribution in [0.4, 0.5) is 5.69 Å². The molecule has 3 heterocycles. The molecule has 7 nitrogen and oxygen atoms in total. The third kappa shape index (κ3) is 2.71. The standard InChI is InChI=1S/C18H20N4O3/c1-4-24-15-6-11-5-10(2)25-17(11)16-13(15)7-14(21-16)18(23)20-12-8-19-22(3)9-12/h6-10,21H,4-5H2,1-3H3,(H,20,23). The van der Waals surface area contributed by atoms with Crippen molar-refractivity contribution in [3.05, 3.63) is 35.8 Å².